The predicted molar refractivity (Wildman–Crippen MR) is 168 cm³/mol. The standard InChI is InChI=1S/C34H53NO4Si/c1-7-8-9-10-11-12-13-14-23-32(36)31(25-39-40(5,6)34(2,3)4)35-33(37)38-24-30-28-21-17-15-19-26(28)27-20-16-18-22-29(27)30/h15-22,30-32,36H,7-14,23-25H2,1-6H3,(H,35,37)/t31-,32-/m1/s1. The average Bonchev–Trinajstić information content (AvgIpc) is 3.24. The predicted octanol–water partition coefficient (Wildman–Crippen LogP) is 8.81. The van der Waals surface area contributed by atoms with Gasteiger partial charge in [0.25, 0.3) is 0 Å². The molecule has 0 heterocycles. The van der Waals surface area contributed by atoms with Crippen LogP contribution in [0.2, 0.25) is 18.1 Å². The molecule has 2 aromatic rings. The van der Waals surface area contributed by atoms with Crippen LogP contribution in [-0.2, 0) is 9.16 Å². The Hall–Kier alpha value is -2.15. The zero-order chi connectivity index (χ0) is 29.2. The normalized spacial score (nSPS) is 14.9. The summed E-state index contributed by atoms with van der Waals surface area (Å²) in [5, 5.41) is 14.2. The van der Waals surface area contributed by atoms with Crippen LogP contribution in [-0.4, -0.2) is 44.9 Å². The van der Waals surface area contributed by atoms with Crippen LogP contribution in [0.25, 0.3) is 11.1 Å². The van der Waals surface area contributed by atoms with Crippen LogP contribution in [0.1, 0.15) is 103 Å². The number of fused-ring (bicyclic) bond motifs is 3. The number of rotatable bonds is 16. The van der Waals surface area contributed by atoms with E-state index in [4.69, 9.17) is 9.16 Å². The summed E-state index contributed by atoms with van der Waals surface area (Å²) in [6.07, 6.45) is 9.15. The van der Waals surface area contributed by atoms with Crippen molar-refractivity contribution in [2.75, 3.05) is 13.2 Å². The lowest BCUT2D eigenvalue weighted by atomic mass is 9.98. The van der Waals surface area contributed by atoms with Crippen molar-refractivity contribution < 1.29 is 19.1 Å². The molecule has 0 aliphatic heterocycles. The fourth-order valence-corrected chi connectivity index (χ4v) is 6.27. The summed E-state index contributed by atoms with van der Waals surface area (Å²) in [6.45, 7) is 13.8. The molecular weight excluding hydrogens is 514 g/mol. The van der Waals surface area contributed by atoms with Crippen LogP contribution in [0.4, 0.5) is 4.79 Å². The van der Waals surface area contributed by atoms with E-state index in [1.807, 2.05) is 24.3 Å². The summed E-state index contributed by atoms with van der Waals surface area (Å²) in [4.78, 5) is 13.1. The number of carbonyl (C=O) groups excluding carboxylic acids is 1. The van der Waals surface area contributed by atoms with Gasteiger partial charge in [0, 0.05) is 5.92 Å². The van der Waals surface area contributed by atoms with Gasteiger partial charge in [-0.1, -0.05) is 128 Å². The number of alkyl carbamates (subject to hydrolysis) is 1. The fourth-order valence-electron chi connectivity index (χ4n) is 5.24. The molecule has 1 aliphatic rings. The zero-order valence-corrected chi connectivity index (χ0v) is 26.8. The molecule has 5 nitrogen and oxygen atoms in total. The highest BCUT2D eigenvalue weighted by Crippen LogP contribution is 2.44. The van der Waals surface area contributed by atoms with Crippen molar-refractivity contribution in [3.05, 3.63) is 59.7 Å². The molecule has 0 saturated carbocycles. The Morgan fingerprint density at radius 3 is 1.98 bits per heavy atom. The van der Waals surface area contributed by atoms with Crippen molar-refractivity contribution in [3.63, 3.8) is 0 Å². The van der Waals surface area contributed by atoms with Crippen LogP contribution in [0.15, 0.2) is 48.5 Å². The highest BCUT2D eigenvalue weighted by atomic mass is 28.4. The lowest BCUT2D eigenvalue weighted by molar-refractivity contribution is 0.0732. The molecule has 2 aromatic carbocycles. The third-order valence-electron chi connectivity index (χ3n) is 8.89. The molecule has 0 fully saturated rings. The topological polar surface area (TPSA) is 67.8 Å². The molecule has 2 atom stereocenters. The first kappa shape index (κ1) is 32.4. The summed E-state index contributed by atoms with van der Waals surface area (Å²) in [6, 6.07) is 16.2. The van der Waals surface area contributed by atoms with Gasteiger partial charge in [0.05, 0.1) is 18.8 Å². The van der Waals surface area contributed by atoms with Crippen molar-refractivity contribution >= 4 is 14.4 Å². The van der Waals surface area contributed by atoms with E-state index < -0.39 is 26.6 Å². The molecule has 2 N–H and O–H groups in total. The molecule has 1 aliphatic carbocycles. The lowest BCUT2D eigenvalue weighted by Gasteiger charge is -2.38. The Morgan fingerprint density at radius 1 is 0.900 bits per heavy atom. The van der Waals surface area contributed by atoms with E-state index in [0.29, 0.717) is 13.0 Å². The van der Waals surface area contributed by atoms with Crippen molar-refractivity contribution in [2.45, 2.75) is 122 Å². The maximum absolute atomic E-state index is 13.1. The summed E-state index contributed by atoms with van der Waals surface area (Å²) >= 11 is 0. The molecule has 0 unspecified atom stereocenters. The van der Waals surface area contributed by atoms with Gasteiger partial charge in [0.15, 0.2) is 8.32 Å². The second kappa shape index (κ2) is 15.2. The molecule has 0 spiro atoms. The van der Waals surface area contributed by atoms with Crippen molar-refractivity contribution in [1.82, 2.24) is 5.32 Å². The van der Waals surface area contributed by atoms with Gasteiger partial charge >= 0.3 is 6.09 Å². The van der Waals surface area contributed by atoms with Gasteiger partial charge in [-0.2, -0.15) is 0 Å². The Kier molecular flexibility index (Phi) is 12.3. The molecular formula is C34H53NO4Si. The third-order valence-corrected chi connectivity index (χ3v) is 13.4. The van der Waals surface area contributed by atoms with E-state index in [2.05, 4.69) is 70.4 Å². The number of hydrogen-bond acceptors (Lipinski definition) is 4. The van der Waals surface area contributed by atoms with Gasteiger partial charge in [0.1, 0.15) is 6.61 Å². The summed E-state index contributed by atoms with van der Waals surface area (Å²) < 4.78 is 12.2. The number of nitrogens with one attached hydrogen (secondary N) is 1. The van der Waals surface area contributed by atoms with Crippen molar-refractivity contribution in [1.29, 1.82) is 0 Å². The number of amides is 1. The minimum atomic E-state index is -2.05. The highest BCUT2D eigenvalue weighted by Gasteiger charge is 2.38. The first-order chi connectivity index (χ1) is 19.0. The van der Waals surface area contributed by atoms with Crippen LogP contribution >= 0.6 is 0 Å². The van der Waals surface area contributed by atoms with Gasteiger partial charge in [0.2, 0.25) is 0 Å². The molecule has 0 radical (unpaired) electrons. The zero-order valence-electron chi connectivity index (χ0n) is 25.8. The number of hydrogen-bond donors (Lipinski definition) is 2. The fraction of sp³-hybridized carbons (Fsp3) is 0.618. The Labute approximate surface area is 244 Å². The molecule has 3 rings (SSSR count). The van der Waals surface area contributed by atoms with E-state index in [0.717, 1.165) is 12.8 Å². The molecule has 40 heavy (non-hydrogen) atoms. The van der Waals surface area contributed by atoms with Gasteiger partial charge in [-0.15, -0.1) is 0 Å². The minimum absolute atomic E-state index is 0.00216. The maximum Gasteiger partial charge on any atom is 0.407 e. The number of benzene rings is 2. The number of unbranched alkanes of at least 4 members (excludes halogenated alkanes) is 7. The summed E-state index contributed by atoms with van der Waals surface area (Å²) in [7, 11) is -2.05. The third kappa shape index (κ3) is 8.92. The highest BCUT2D eigenvalue weighted by molar-refractivity contribution is 6.74. The number of ether oxygens (including phenoxy) is 1. The van der Waals surface area contributed by atoms with E-state index in [-0.39, 0.29) is 17.6 Å². The summed E-state index contributed by atoms with van der Waals surface area (Å²) in [5.74, 6) is 0.00216. The quantitative estimate of drug-likeness (QED) is 0.157. The van der Waals surface area contributed by atoms with Crippen LogP contribution < -0.4 is 5.32 Å². The number of aliphatic hydroxyl groups is 1. The summed E-state index contributed by atoms with van der Waals surface area (Å²) in [5.41, 5.74) is 4.77. The van der Waals surface area contributed by atoms with Crippen molar-refractivity contribution in [3.8, 4) is 11.1 Å². The molecule has 0 saturated heterocycles. The van der Waals surface area contributed by atoms with Crippen LogP contribution in [0.3, 0.4) is 0 Å². The largest absolute Gasteiger partial charge is 0.449 e. The number of aliphatic hydroxyl groups excluding tert-OH is 1. The SMILES string of the molecule is CCCCCCCCCC[C@@H](O)[C@@H](CO[Si](C)(C)C(C)(C)C)NC(=O)OCC1c2ccccc2-c2ccccc21. The minimum Gasteiger partial charge on any atom is -0.449 e. The molecule has 0 bridgehead atoms. The molecule has 0 aromatic heterocycles. The second-order valence-corrected chi connectivity index (χ2v) is 17.8. The second-order valence-electron chi connectivity index (χ2n) is 13.0. The smallest absolute Gasteiger partial charge is 0.407 e. The van der Waals surface area contributed by atoms with Gasteiger partial charge in [-0.05, 0) is 46.8 Å². The van der Waals surface area contributed by atoms with Crippen LogP contribution in [0, 0.1) is 0 Å². The first-order valence-electron chi connectivity index (χ1n) is 15.5. The van der Waals surface area contributed by atoms with Gasteiger partial charge in [-0.25, -0.2) is 4.79 Å². The van der Waals surface area contributed by atoms with E-state index in [9.17, 15) is 9.90 Å². The van der Waals surface area contributed by atoms with Crippen LogP contribution in [0.5, 0.6) is 0 Å². The Morgan fingerprint density at radius 2 is 1.43 bits per heavy atom. The van der Waals surface area contributed by atoms with Crippen molar-refractivity contribution in [2.24, 2.45) is 0 Å². The molecule has 1 amide bonds. The van der Waals surface area contributed by atoms with E-state index in [1.165, 1.54) is 60.8 Å². The average molecular weight is 568 g/mol. The first-order valence-corrected chi connectivity index (χ1v) is 18.4. The van der Waals surface area contributed by atoms with E-state index >= 15 is 0 Å². The monoisotopic (exact) mass is 567 g/mol. The molecule has 222 valence electrons. The Balaban J connectivity index is 1.57. The van der Waals surface area contributed by atoms with Gasteiger partial charge < -0.3 is 19.6 Å². The lowest BCUT2D eigenvalue weighted by Crippen LogP contribution is -2.51. The maximum atomic E-state index is 13.1. The van der Waals surface area contributed by atoms with Gasteiger partial charge in [-0.3, -0.25) is 0 Å². The Bertz CT molecular complexity index is 1020. The number of carbonyl (C=O) groups is 1. The molecule has 6 heteroatoms. The van der Waals surface area contributed by atoms with E-state index in [1.54, 1.807) is 0 Å².